The summed E-state index contributed by atoms with van der Waals surface area (Å²) < 4.78 is 0.879. The molecule has 0 radical (unpaired) electrons. The lowest BCUT2D eigenvalue weighted by Gasteiger charge is -2.49. The van der Waals surface area contributed by atoms with Crippen LogP contribution in [0.1, 0.15) is 20.8 Å². The van der Waals surface area contributed by atoms with E-state index in [9.17, 15) is 0 Å². The van der Waals surface area contributed by atoms with E-state index in [1.165, 1.54) is 0 Å². The topological polar surface area (TPSA) is 0 Å². The summed E-state index contributed by atoms with van der Waals surface area (Å²) >= 11 is 2.65. The maximum Gasteiger partial charge on any atom is 0.0206 e. The van der Waals surface area contributed by atoms with Gasteiger partial charge in [-0.05, 0) is 29.6 Å². The molecular formula is C11H17I. The van der Waals surface area contributed by atoms with Gasteiger partial charge in [-0.15, -0.1) is 0 Å². The number of rotatable bonds is 0. The van der Waals surface area contributed by atoms with Gasteiger partial charge in [0, 0.05) is 3.92 Å². The van der Waals surface area contributed by atoms with Gasteiger partial charge in [-0.2, -0.15) is 0 Å². The second-order valence-corrected chi connectivity index (χ2v) is 6.00. The fraction of sp³-hybridized carbons (Fsp3) is 0.818. The van der Waals surface area contributed by atoms with Crippen molar-refractivity contribution in [3.05, 3.63) is 12.2 Å². The molecular weight excluding hydrogens is 259 g/mol. The summed E-state index contributed by atoms with van der Waals surface area (Å²) in [6, 6.07) is 0. The Bertz CT molecular complexity index is 171. The first kappa shape index (κ1) is 9.04. The molecule has 6 unspecified atom stereocenters. The minimum absolute atomic E-state index is 0.848. The van der Waals surface area contributed by atoms with E-state index < -0.39 is 0 Å². The molecule has 0 aromatic carbocycles. The molecule has 0 aliphatic heterocycles. The van der Waals surface area contributed by atoms with Crippen molar-refractivity contribution in [2.24, 2.45) is 29.6 Å². The Balaban J connectivity index is 2.32. The predicted octanol–water partition coefficient (Wildman–Crippen LogP) is 3.51. The van der Waals surface area contributed by atoms with Gasteiger partial charge in [0.2, 0.25) is 0 Å². The first-order chi connectivity index (χ1) is 5.63. The number of fused-ring (bicyclic) bond motifs is 2. The van der Waals surface area contributed by atoms with Gasteiger partial charge in [0.05, 0.1) is 0 Å². The predicted molar refractivity (Wildman–Crippen MR) is 61.4 cm³/mol. The largest absolute Gasteiger partial charge is 0.0845 e. The Hall–Kier alpha value is 0.470. The third-order valence-electron chi connectivity index (χ3n) is 4.08. The molecule has 0 saturated heterocycles. The van der Waals surface area contributed by atoms with E-state index in [0.29, 0.717) is 0 Å². The number of hydrogen-bond acceptors (Lipinski definition) is 0. The van der Waals surface area contributed by atoms with Crippen LogP contribution in [0.2, 0.25) is 0 Å². The Kier molecular flexibility index (Phi) is 2.26. The average Bonchev–Trinajstić information content (AvgIpc) is 2.05. The van der Waals surface area contributed by atoms with Crippen LogP contribution in [0.5, 0.6) is 0 Å². The Morgan fingerprint density at radius 1 is 0.833 bits per heavy atom. The van der Waals surface area contributed by atoms with Gasteiger partial charge in [0.1, 0.15) is 0 Å². The highest BCUT2D eigenvalue weighted by atomic mass is 127. The quantitative estimate of drug-likeness (QED) is 0.361. The zero-order valence-corrected chi connectivity index (χ0v) is 10.2. The average molecular weight is 276 g/mol. The first-order valence-electron chi connectivity index (χ1n) is 4.95. The maximum absolute atomic E-state index is 2.65. The van der Waals surface area contributed by atoms with Crippen LogP contribution in [0.4, 0.5) is 0 Å². The van der Waals surface area contributed by atoms with Crippen LogP contribution in [0, 0.1) is 29.6 Å². The zero-order valence-electron chi connectivity index (χ0n) is 8.00. The molecule has 0 N–H and O–H groups in total. The minimum Gasteiger partial charge on any atom is -0.0845 e. The fourth-order valence-electron chi connectivity index (χ4n) is 2.92. The molecule has 2 bridgehead atoms. The fourth-order valence-corrected chi connectivity index (χ4v) is 4.30. The smallest absolute Gasteiger partial charge is 0.0206 e. The van der Waals surface area contributed by atoms with E-state index in [1.807, 2.05) is 0 Å². The molecule has 1 fully saturated rings. The van der Waals surface area contributed by atoms with Gasteiger partial charge >= 0.3 is 0 Å². The molecule has 0 aromatic heterocycles. The Morgan fingerprint density at radius 3 is 1.92 bits per heavy atom. The molecule has 3 aliphatic rings. The summed E-state index contributed by atoms with van der Waals surface area (Å²) in [6.45, 7) is 7.26. The number of halogens is 1. The molecule has 0 amide bonds. The summed E-state index contributed by atoms with van der Waals surface area (Å²) in [6.07, 6.45) is 4.93. The molecule has 0 spiro atoms. The van der Waals surface area contributed by atoms with Crippen LogP contribution >= 0.6 is 22.6 Å². The SMILES string of the molecule is CC1C(C)C2C=CC1C(C)C2I. The van der Waals surface area contributed by atoms with Crippen LogP contribution in [-0.2, 0) is 0 Å². The van der Waals surface area contributed by atoms with E-state index in [4.69, 9.17) is 0 Å². The standard InChI is InChI=1S/C11H17I/c1-6-7(2)10-5-4-9(6)8(3)11(10)12/h4-11H,1-3H3. The molecule has 6 atom stereocenters. The molecule has 3 rings (SSSR count). The summed E-state index contributed by atoms with van der Waals surface area (Å²) in [5.41, 5.74) is 0. The monoisotopic (exact) mass is 276 g/mol. The Morgan fingerprint density at radius 2 is 1.33 bits per heavy atom. The van der Waals surface area contributed by atoms with Gasteiger partial charge in [-0.25, -0.2) is 0 Å². The normalized spacial score (nSPS) is 57.7. The third kappa shape index (κ3) is 1.08. The highest BCUT2D eigenvalue weighted by molar-refractivity contribution is 14.1. The molecule has 0 aromatic rings. The van der Waals surface area contributed by atoms with Crippen molar-refractivity contribution in [1.82, 2.24) is 0 Å². The van der Waals surface area contributed by atoms with E-state index in [2.05, 4.69) is 55.5 Å². The summed E-state index contributed by atoms with van der Waals surface area (Å²) in [5.74, 6) is 4.40. The van der Waals surface area contributed by atoms with Crippen molar-refractivity contribution in [1.29, 1.82) is 0 Å². The maximum atomic E-state index is 2.65. The van der Waals surface area contributed by atoms with E-state index in [1.54, 1.807) is 0 Å². The van der Waals surface area contributed by atoms with Crippen molar-refractivity contribution in [3.63, 3.8) is 0 Å². The molecule has 1 heteroatoms. The van der Waals surface area contributed by atoms with Crippen molar-refractivity contribution >= 4 is 22.6 Å². The number of alkyl halides is 1. The van der Waals surface area contributed by atoms with E-state index in [0.717, 1.165) is 33.5 Å². The van der Waals surface area contributed by atoms with Crippen LogP contribution in [0.15, 0.2) is 12.2 Å². The second-order valence-electron chi connectivity index (χ2n) is 4.56. The van der Waals surface area contributed by atoms with Crippen molar-refractivity contribution < 1.29 is 0 Å². The Labute approximate surface area is 88.9 Å². The molecule has 0 nitrogen and oxygen atoms in total. The van der Waals surface area contributed by atoms with Crippen molar-refractivity contribution in [3.8, 4) is 0 Å². The summed E-state index contributed by atoms with van der Waals surface area (Å²) in [4.78, 5) is 0. The van der Waals surface area contributed by atoms with Gasteiger partial charge in [0.15, 0.2) is 0 Å². The van der Waals surface area contributed by atoms with Crippen LogP contribution in [0.3, 0.4) is 0 Å². The summed E-state index contributed by atoms with van der Waals surface area (Å²) in [7, 11) is 0. The van der Waals surface area contributed by atoms with Crippen molar-refractivity contribution in [2.45, 2.75) is 24.7 Å². The summed E-state index contributed by atoms with van der Waals surface area (Å²) in [5, 5.41) is 0. The van der Waals surface area contributed by atoms with E-state index >= 15 is 0 Å². The van der Waals surface area contributed by atoms with Gasteiger partial charge in [-0.1, -0.05) is 55.5 Å². The molecule has 1 saturated carbocycles. The van der Waals surface area contributed by atoms with Gasteiger partial charge < -0.3 is 0 Å². The van der Waals surface area contributed by atoms with Crippen LogP contribution in [-0.4, -0.2) is 3.92 Å². The molecule has 0 heterocycles. The minimum atomic E-state index is 0.848. The number of hydrogen-bond donors (Lipinski definition) is 0. The van der Waals surface area contributed by atoms with Gasteiger partial charge in [0.25, 0.3) is 0 Å². The molecule has 12 heavy (non-hydrogen) atoms. The second kappa shape index (κ2) is 3.00. The van der Waals surface area contributed by atoms with E-state index in [-0.39, 0.29) is 0 Å². The third-order valence-corrected chi connectivity index (χ3v) is 6.04. The van der Waals surface area contributed by atoms with Gasteiger partial charge in [-0.3, -0.25) is 0 Å². The van der Waals surface area contributed by atoms with Crippen molar-refractivity contribution in [2.75, 3.05) is 0 Å². The lowest BCUT2D eigenvalue weighted by Crippen LogP contribution is -2.45. The molecule has 3 aliphatic carbocycles. The zero-order chi connectivity index (χ0) is 8.88. The highest BCUT2D eigenvalue weighted by Crippen LogP contribution is 2.50. The molecule has 68 valence electrons. The first-order valence-corrected chi connectivity index (χ1v) is 6.20. The lowest BCUT2D eigenvalue weighted by atomic mass is 9.59. The van der Waals surface area contributed by atoms with Crippen LogP contribution in [0.25, 0.3) is 0 Å². The highest BCUT2D eigenvalue weighted by Gasteiger charge is 2.44. The number of allylic oxidation sites excluding steroid dienone is 2. The lowest BCUT2D eigenvalue weighted by molar-refractivity contribution is 0.113. The van der Waals surface area contributed by atoms with Crippen LogP contribution < -0.4 is 0 Å².